The second kappa shape index (κ2) is 9.21. The Morgan fingerprint density at radius 2 is 1.78 bits per heavy atom. The predicted molar refractivity (Wildman–Crippen MR) is 106 cm³/mol. The maximum Gasteiger partial charge on any atom is 0.322 e. The van der Waals surface area contributed by atoms with E-state index in [4.69, 9.17) is 0 Å². The van der Waals surface area contributed by atoms with Gasteiger partial charge in [-0.1, -0.05) is 35.2 Å². The van der Waals surface area contributed by atoms with E-state index in [1.807, 2.05) is 12.1 Å². The Bertz CT molecular complexity index is 689. The number of halogens is 1. The summed E-state index contributed by atoms with van der Waals surface area (Å²) in [5.74, 6) is -0.311. The summed E-state index contributed by atoms with van der Waals surface area (Å²) in [6.07, 6.45) is 5.56. The molecule has 0 spiro atoms. The molecule has 1 aromatic rings. The molecule has 0 unspecified atom stereocenters. The van der Waals surface area contributed by atoms with Crippen molar-refractivity contribution < 1.29 is 14.4 Å². The minimum Gasteiger partial charge on any atom is -0.352 e. The van der Waals surface area contributed by atoms with Crippen molar-refractivity contribution in [3.05, 3.63) is 28.7 Å². The molecule has 1 heterocycles. The molecule has 2 aliphatic rings. The van der Waals surface area contributed by atoms with Crippen molar-refractivity contribution in [2.75, 3.05) is 31.5 Å². The Hall–Kier alpha value is -2.09. The van der Waals surface area contributed by atoms with E-state index in [0.29, 0.717) is 18.8 Å². The third-order valence-electron chi connectivity index (χ3n) is 5.01. The Morgan fingerprint density at radius 1 is 1.07 bits per heavy atom. The number of amides is 4. The molecule has 2 fully saturated rings. The van der Waals surface area contributed by atoms with Crippen LogP contribution in [0.2, 0.25) is 0 Å². The highest BCUT2D eigenvalue weighted by molar-refractivity contribution is 9.10. The molecule has 1 aliphatic heterocycles. The van der Waals surface area contributed by atoms with Crippen molar-refractivity contribution >= 4 is 39.5 Å². The molecule has 4 amide bonds. The topological polar surface area (TPSA) is 81.8 Å². The average Bonchev–Trinajstić information content (AvgIpc) is 2.66. The van der Waals surface area contributed by atoms with Crippen LogP contribution in [-0.2, 0) is 9.59 Å². The van der Waals surface area contributed by atoms with Crippen LogP contribution < -0.4 is 10.6 Å². The van der Waals surface area contributed by atoms with Gasteiger partial charge in [0.25, 0.3) is 0 Å². The van der Waals surface area contributed by atoms with E-state index in [1.54, 1.807) is 12.1 Å². The van der Waals surface area contributed by atoms with Gasteiger partial charge >= 0.3 is 6.03 Å². The summed E-state index contributed by atoms with van der Waals surface area (Å²) < 4.78 is 0.927. The maximum atomic E-state index is 12.4. The number of piperazine rings is 1. The average molecular weight is 437 g/mol. The number of carbonyl (C=O) groups excluding carboxylic acids is 3. The van der Waals surface area contributed by atoms with E-state index < -0.39 is 0 Å². The molecule has 8 heteroatoms. The van der Waals surface area contributed by atoms with Crippen molar-refractivity contribution in [1.82, 2.24) is 15.1 Å². The van der Waals surface area contributed by atoms with Crippen molar-refractivity contribution in [3.63, 3.8) is 0 Å². The van der Waals surface area contributed by atoms with Gasteiger partial charge in [-0.3, -0.25) is 9.59 Å². The summed E-state index contributed by atoms with van der Waals surface area (Å²) in [4.78, 5) is 39.9. The van der Waals surface area contributed by atoms with Crippen molar-refractivity contribution in [1.29, 1.82) is 0 Å². The number of anilines is 1. The van der Waals surface area contributed by atoms with Gasteiger partial charge in [0, 0.05) is 29.3 Å². The predicted octanol–water partition coefficient (Wildman–Crippen LogP) is 2.57. The zero-order valence-electron chi connectivity index (χ0n) is 15.2. The van der Waals surface area contributed by atoms with Gasteiger partial charge in [0.15, 0.2) is 0 Å². The Labute approximate surface area is 167 Å². The number of rotatable bonds is 4. The Kier molecular flexibility index (Phi) is 6.71. The second-order valence-corrected chi connectivity index (χ2v) is 7.99. The van der Waals surface area contributed by atoms with Gasteiger partial charge in [0.2, 0.25) is 11.8 Å². The lowest BCUT2D eigenvalue weighted by Gasteiger charge is -2.34. The zero-order chi connectivity index (χ0) is 19.2. The van der Waals surface area contributed by atoms with E-state index in [9.17, 15) is 14.4 Å². The van der Waals surface area contributed by atoms with Crippen LogP contribution in [0.3, 0.4) is 0 Å². The molecule has 1 saturated heterocycles. The molecule has 2 N–H and O–H groups in total. The lowest BCUT2D eigenvalue weighted by molar-refractivity contribution is -0.139. The van der Waals surface area contributed by atoms with E-state index >= 15 is 0 Å². The number of nitrogens with zero attached hydrogens (tertiary/aromatic N) is 2. The highest BCUT2D eigenvalue weighted by Crippen LogP contribution is 2.17. The third-order valence-corrected chi connectivity index (χ3v) is 5.53. The smallest absolute Gasteiger partial charge is 0.322 e. The number of carbonyl (C=O) groups is 3. The molecular formula is C19H25BrN4O3. The fourth-order valence-electron chi connectivity index (χ4n) is 3.48. The SMILES string of the molecule is O=C(CN1CCN(C(=O)Nc2ccc(Br)cc2)CC1=O)NC1CCCCC1. The quantitative estimate of drug-likeness (QED) is 0.760. The molecule has 146 valence electrons. The van der Waals surface area contributed by atoms with Crippen molar-refractivity contribution in [3.8, 4) is 0 Å². The lowest BCUT2D eigenvalue weighted by atomic mass is 9.95. The molecule has 1 saturated carbocycles. The minimum absolute atomic E-state index is 0.0148. The van der Waals surface area contributed by atoms with E-state index in [-0.39, 0.29) is 37.0 Å². The fraction of sp³-hybridized carbons (Fsp3) is 0.526. The molecule has 0 aromatic heterocycles. The monoisotopic (exact) mass is 436 g/mol. The van der Waals surface area contributed by atoms with E-state index in [2.05, 4.69) is 26.6 Å². The first-order valence-electron chi connectivity index (χ1n) is 9.40. The van der Waals surface area contributed by atoms with Crippen molar-refractivity contribution in [2.45, 2.75) is 38.1 Å². The number of nitrogens with one attached hydrogen (secondary N) is 2. The van der Waals surface area contributed by atoms with E-state index in [1.165, 1.54) is 16.2 Å². The molecule has 0 bridgehead atoms. The summed E-state index contributed by atoms with van der Waals surface area (Å²) in [5.41, 5.74) is 0.671. The van der Waals surface area contributed by atoms with Crippen LogP contribution in [0.1, 0.15) is 32.1 Å². The Morgan fingerprint density at radius 3 is 2.44 bits per heavy atom. The van der Waals surface area contributed by atoms with Gasteiger partial charge in [-0.15, -0.1) is 0 Å². The number of hydrogen-bond acceptors (Lipinski definition) is 3. The van der Waals surface area contributed by atoms with Crippen LogP contribution in [0.25, 0.3) is 0 Å². The molecule has 1 aromatic carbocycles. The Balaban J connectivity index is 1.45. The van der Waals surface area contributed by atoms with Gasteiger partial charge in [-0.2, -0.15) is 0 Å². The third kappa shape index (κ3) is 5.69. The summed E-state index contributed by atoms with van der Waals surface area (Å²) in [5, 5.41) is 5.81. The van der Waals surface area contributed by atoms with Crippen LogP contribution in [-0.4, -0.2) is 59.9 Å². The molecule has 1 aliphatic carbocycles. The lowest BCUT2D eigenvalue weighted by Crippen LogP contribution is -2.55. The van der Waals surface area contributed by atoms with Crippen LogP contribution in [0.5, 0.6) is 0 Å². The zero-order valence-corrected chi connectivity index (χ0v) is 16.8. The molecule has 27 heavy (non-hydrogen) atoms. The van der Waals surface area contributed by atoms with Crippen molar-refractivity contribution in [2.24, 2.45) is 0 Å². The normalized spacial score (nSPS) is 18.3. The molecule has 3 rings (SSSR count). The number of hydrogen-bond donors (Lipinski definition) is 2. The van der Waals surface area contributed by atoms with Gasteiger partial charge in [-0.25, -0.2) is 4.79 Å². The first-order chi connectivity index (χ1) is 13.0. The van der Waals surface area contributed by atoms with Gasteiger partial charge < -0.3 is 20.4 Å². The largest absolute Gasteiger partial charge is 0.352 e. The van der Waals surface area contributed by atoms with Gasteiger partial charge in [0.1, 0.15) is 6.54 Å². The molecule has 0 radical (unpaired) electrons. The van der Waals surface area contributed by atoms with Crippen LogP contribution >= 0.6 is 15.9 Å². The number of urea groups is 1. The molecule has 7 nitrogen and oxygen atoms in total. The standard InChI is InChI=1S/C19H25BrN4O3/c20-14-6-8-16(9-7-14)22-19(27)24-11-10-23(18(26)13-24)12-17(25)21-15-4-2-1-3-5-15/h6-9,15H,1-5,10-13H2,(H,21,25)(H,22,27). The second-order valence-electron chi connectivity index (χ2n) is 7.08. The molecule has 0 atom stereocenters. The van der Waals surface area contributed by atoms with Gasteiger partial charge in [-0.05, 0) is 37.1 Å². The number of benzene rings is 1. The van der Waals surface area contributed by atoms with Crippen LogP contribution in [0.15, 0.2) is 28.7 Å². The first-order valence-corrected chi connectivity index (χ1v) is 10.2. The summed E-state index contributed by atoms with van der Waals surface area (Å²) >= 11 is 3.35. The first kappa shape index (κ1) is 19.7. The minimum atomic E-state index is -0.308. The molecular weight excluding hydrogens is 412 g/mol. The maximum absolute atomic E-state index is 12.4. The highest BCUT2D eigenvalue weighted by atomic mass is 79.9. The summed E-state index contributed by atoms with van der Waals surface area (Å²) in [6.45, 7) is 0.825. The summed E-state index contributed by atoms with van der Waals surface area (Å²) in [6, 6.07) is 7.18. The summed E-state index contributed by atoms with van der Waals surface area (Å²) in [7, 11) is 0. The van der Waals surface area contributed by atoms with Gasteiger partial charge in [0.05, 0.1) is 6.54 Å². The van der Waals surface area contributed by atoms with E-state index in [0.717, 1.165) is 30.2 Å². The van der Waals surface area contributed by atoms with Crippen LogP contribution in [0, 0.1) is 0 Å². The van der Waals surface area contributed by atoms with Crippen LogP contribution in [0.4, 0.5) is 10.5 Å². The fourth-order valence-corrected chi connectivity index (χ4v) is 3.74. The highest BCUT2D eigenvalue weighted by Gasteiger charge is 2.29.